The Balaban J connectivity index is 2.45. The highest BCUT2D eigenvalue weighted by molar-refractivity contribution is 7.86. The van der Waals surface area contributed by atoms with Crippen LogP contribution in [0.25, 0.3) is 0 Å². The molecule has 0 aromatic heterocycles. The number of methoxy groups -OCH3 is 1. The standard InChI is InChI=1S/C16H17NO5S/c1-16(2)13(12(14(18)21-3)15(19)22-16)11(9-17)23(20)10-7-5-4-6-8-10/h4-8,11-13H,1-3H3. The smallest absolute Gasteiger partial charge is 0.321 e. The predicted octanol–water partition coefficient (Wildman–Crippen LogP) is 1.43. The van der Waals surface area contributed by atoms with Gasteiger partial charge in [-0.2, -0.15) is 5.26 Å². The van der Waals surface area contributed by atoms with E-state index in [4.69, 9.17) is 4.74 Å². The van der Waals surface area contributed by atoms with Crippen molar-refractivity contribution in [1.82, 2.24) is 0 Å². The van der Waals surface area contributed by atoms with Crippen LogP contribution >= 0.6 is 0 Å². The average molecular weight is 335 g/mol. The quantitative estimate of drug-likeness (QED) is 0.610. The second kappa shape index (κ2) is 6.50. The molecule has 0 saturated carbocycles. The number of carbonyl (C=O) groups excluding carboxylic acids is 2. The summed E-state index contributed by atoms with van der Waals surface area (Å²) in [6.07, 6.45) is 0. The topological polar surface area (TPSA) is 93.5 Å². The minimum atomic E-state index is -1.71. The molecule has 1 aliphatic heterocycles. The number of nitrogens with zero attached hydrogens (tertiary/aromatic N) is 1. The molecule has 23 heavy (non-hydrogen) atoms. The molecule has 0 amide bonds. The third kappa shape index (κ3) is 3.13. The lowest BCUT2D eigenvalue weighted by Gasteiger charge is -2.29. The molecule has 0 bridgehead atoms. The second-order valence-electron chi connectivity index (χ2n) is 5.71. The fraction of sp³-hybridized carbons (Fsp3) is 0.438. The molecule has 2 rings (SSSR count). The molecule has 1 heterocycles. The van der Waals surface area contributed by atoms with Gasteiger partial charge in [0.2, 0.25) is 0 Å². The molecule has 4 unspecified atom stereocenters. The molecule has 122 valence electrons. The summed E-state index contributed by atoms with van der Waals surface area (Å²) in [5.74, 6) is -3.66. The zero-order chi connectivity index (χ0) is 17.2. The number of hydrogen-bond acceptors (Lipinski definition) is 6. The molecule has 0 radical (unpaired) electrons. The summed E-state index contributed by atoms with van der Waals surface area (Å²) in [4.78, 5) is 24.5. The van der Waals surface area contributed by atoms with Crippen LogP contribution in [-0.4, -0.2) is 34.1 Å². The summed E-state index contributed by atoms with van der Waals surface area (Å²) in [5.41, 5.74) is -1.10. The monoisotopic (exact) mass is 335 g/mol. The summed E-state index contributed by atoms with van der Waals surface area (Å²) >= 11 is 0. The van der Waals surface area contributed by atoms with Gasteiger partial charge in [-0.1, -0.05) is 18.2 Å². The van der Waals surface area contributed by atoms with E-state index in [9.17, 15) is 19.1 Å². The molecule has 0 N–H and O–H groups in total. The van der Waals surface area contributed by atoms with Gasteiger partial charge in [0.1, 0.15) is 10.9 Å². The number of nitriles is 1. The first-order valence-electron chi connectivity index (χ1n) is 6.99. The van der Waals surface area contributed by atoms with Crippen molar-refractivity contribution in [2.45, 2.75) is 29.6 Å². The molecule has 7 heteroatoms. The van der Waals surface area contributed by atoms with Crippen molar-refractivity contribution >= 4 is 22.7 Å². The maximum atomic E-state index is 12.8. The Morgan fingerprint density at radius 2 is 2.00 bits per heavy atom. The third-order valence-corrected chi connectivity index (χ3v) is 5.49. The van der Waals surface area contributed by atoms with Crippen molar-refractivity contribution in [1.29, 1.82) is 5.26 Å². The van der Waals surface area contributed by atoms with Crippen LogP contribution in [0.4, 0.5) is 0 Å². The highest BCUT2D eigenvalue weighted by Crippen LogP contribution is 2.42. The first kappa shape index (κ1) is 17.2. The van der Waals surface area contributed by atoms with E-state index in [1.807, 2.05) is 6.07 Å². The molecule has 6 nitrogen and oxygen atoms in total. The summed E-state index contributed by atoms with van der Waals surface area (Å²) in [6, 6.07) is 10.4. The van der Waals surface area contributed by atoms with Crippen LogP contribution < -0.4 is 0 Å². The van der Waals surface area contributed by atoms with E-state index < -0.39 is 45.4 Å². The number of ether oxygens (including phenoxy) is 2. The molecular formula is C16H17NO5S. The van der Waals surface area contributed by atoms with Gasteiger partial charge in [0.25, 0.3) is 0 Å². The minimum absolute atomic E-state index is 0.456. The third-order valence-electron chi connectivity index (χ3n) is 3.89. The van der Waals surface area contributed by atoms with Crippen LogP contribution in [0.1, 0.15) is 13.8 Å². The highest BCUT2D eigenvalue weighted by atomic mass is 32.2. The zero-order valence-electron chi connectivity index (χ0n) is 13.0. The van der Waals surface area contributed by atoms with E-state index in [-0.39, 0.29) is 0 Å². The number of carbonyl (C=O) groups is 2. The van der Waals surface area contributed by atoms with Crippen LogP contribution in [0.2, 0.25) is 0 Å². The van der Waals surface area contributed by atoms with Gasteiger partial charge in [0, 0.05) is 4.90 Å². The van der Waals surface area contributed by atoms with Crippen LogP contribution in [0.15, 0.2) is 35.2 Å². The van der Waals surface area contributed by atoms with Gasteiger partial charge in [-0.05, 0) is 26.0 Å². The highest BCUT2D eigenvalue weighted by Gasteiger charge is 2.58. The van der Waals surface area contributed by atoms with Crippen molar-refractivity contribution in [2.75, 3.05) is 7.11 Å². The molecule has 1 aromatic rings. The van der Waals surface area contributed by atoms with Crippen molar-refractivity contribution in [3.63, 3.8) is 0 Å². The summed E-state index contributed by atoms with van der Waals surface area (Å²) in [5, 5.41) is 8.47. The van der Waals surface area contributed by atoms with Gasteiger partial charge in [-0.25, -0.2) is 0 Å². The molecule has 4 atom stereocenters. The van der Waals surface area contributed by atoms with Crippen LogP contribution in [0.5, 0.6) is 0 Å². The lowest BCUT2D eigenvalue weighted by molar-refractivity contribution is -0.156. The van der Waals surface area contributed by atoms with Crippen molar-refractivity contribution in [3.05, 3.63) is 30.3 Å². The lowest BCUT2D eigenvalue weighted by atomic mass is 9.81. The molecule has 1 aromatic carbocycles. The zero-order valence-corrected chi connectivity index (χ0v) is 13.8. The van der Waals surface area contributed by atoms with Gasteiger partial charge < -0.3 is 9.47 Å². The fourth-order valence-corrected chi connectivity index (χ4v) is 4.38. The van der Waals surface area contributed by atoms with Gasteiger partial charge in [-0.15, -0.1) is 0 Å². The Hall–Kier alpha value is -2.20. The first-order valence-corrected chi connectivity index (χ1v) is 8.20. The van der Waals surface area contributed by atoms with E-state index >= 15 is 0 Å². The Kier molecular flexibility index (Phi) is 4.85. The fourth-order valence-electron chi connectivity index (χ4n) is 2.81. The Bertz CT molecular complexity index is 679. The Morgan fingerprint density at radius 1 is 1.39 bits per heavy atom. The molecule has 0 spiro atoms. The second-order valence-corrected chi connectivity index (χ2v) is 7.29. The van der Waals surface area contributed by atoms with Crippen LogP contribution in [-0.2, 0) is 29.9 Å². The molecule has 1 saturated heterocycles. The number of esters is 2. The normalized spacial score (nSPS) is 25.0. The number of cyclic esters (lactones) is 1. The van der Waals surface area contributed by atoms with E-state index in [0.717, 1.165) is 7.11 Å². The number of hydrogen-bond donors (Lipinski definition) is 0. The van der Waals surface area contributed by atoms with E-state index in [1.54, 1.807) is 44.2 Å². The summed E-state index contributed by atoms with van der Waals surface area (Å²) in [7, 11) is -0.553. The average Bonchev–Trinajstić information content (AvgIpc) is 2.77. The minimum Gasteiger partial charge on any atom is -0.468 e. The maximum absolute atomic E-state index is 12.8. The van der Waals surface area contributed by atoms with Gasteiger partial charge in [0.15, 0.2) is 5.92 Å². The molecular weight excluding hydrogens is 318 g/mol. The largest absolute Gasteiger partial charge is 0.468 e. The summed E-state index contributed by atoms with van der Waals surface area (Å²) < 4.78 is 22.7. The lowest BCUT2D eigenvalue weighted by Crippen LogP contribution is -2.43. The van der Waals surface area contributed by atoms with Crippen molar-refractivity contribution in [2.24, 2.45) is 11.8 Å². The van der Waals surface area contributed by atoms with E-state index in [2.05, 4.69) is 4.74 Å². The Labute approximate surface area is 136 Å². The van der Waals surface area contributed by atoms with Crippen LogP contribution in [0.3, 0.4) is 0 Å². The van der Waals surface area contributed by atoms with Crippen molar-refractivity contribution in [3.8, 4) is 6.07 Å². The maximum Gasteiger partial charge on any atom is 0.321 e. The predicted molar refractivity (Wildman–Crippen MR) is 81.4 cm³/mol. The molecule has 1 aliphatic rings. The molecule has 0 aliphatic carbocycles. The summed E-state index contributed by atoms with van der Waals surface area (Å²) in [6.45, 7) is 3.20. The van der Waals surface area contributed by atoms with E-state index in [1.165, 1.54) is 0 Å². The number of rotatable bonds is 4. The van der Waals surface area contributed by atoms with E-state index in [0.29, 0.717) is 4.90 Å². The van der Waals surface area contributed by atoms with Gasteiger partial charge in [0.05, 0.1) is 29.9 Å². The first-order chi connectivity index (χ1) is 10.8. The van der Waals surface area contributed by atoms with Gasteiger partial charge in [-0.3, -0.25) is 13.8 Å². The number of benzene rings is 1. The molecule has 1 fully saturated rings. The van der Waals surface area contributed by atoms with Crippen LogP contribution in [0, 0.1) is 23.2 Å². The van der Waals surface area contributed by atoms with Gasteiger partial charge >= 0.3 is 11.9 Å². The van der Waals surface area contributed by atoms with Crippen molar-refractivity contribution < 1.29 is 23.3 Å². The Morgan fingerprint density at radius 3 is 2.52 bits per heavy atom. The SMILES string of the molecule is COC(=O)C1C(=O)OC(C)(C)C1C(C#N)S(=O)c1ccccc1.